The molecule has 0 aliphatic rings. The highest BCUT2D eigenvalue weighted by molar-refractivity contribution is 4.64. The molecule has 0 fully saturated rings. The predicted octanol–water partition coefficient (Wildman–Crippen LogP) is 1.76. The lowest BCUT2D eigenvalue weighted by molar-refractivity contribution is 0.123. The minimum absolute atomic E-state index is 0.230. The lowest BCUT2D eigenvalue weighted by Gasteiger charge is -2.15. The minimum Gasteiger partial charge on any atom is -0.392 e. The topological polar surface area (TPSA) is 64.5 Å². The van der Waals surface area contributed by atoms with E-state index in [1.807, 2.05) is 27.7 Å². The fourth-order valence-corrected chi connectivity index (χ4v) is 1.82. The maximum Gasteiger partial charge on any atom is 0.0687 e. The van der Waals surface area contributed by atoms with E-state index in [4.69, 9.17) is 0 Å². The van der Waals surface area contributed by atoms with Crippen molar-refractivity contribution in [3.8, 4) is 0 Å². The summed E-state index contributed by atoms with van der Waals surface area (Å²) in [6.07, 6.45) is 4.32. The molecule has 0 bridgehead atoms. The third-order valence-electron chi connectivity index (χ3n) is 3.70. The fourth-order valence-electron chi connectivity index (χ4n) is 1.82. The second-order valence-electron chi connectivity index (χ2n) is 6.45. The molecule has 0 aliphatic heterocycles. The third-order valence-corrected chi connectivity index (χ3v) is 3.70. The Morgan fingerprint density at radius 1 is 0.650 bits per heavy atom. The van der Waals surface area contributed by atoms with E-state index in [1.54, 1.807) is 0 Å². The van der Waals surface area contributed by atoms with E-state index >= 15 is 0 Å². The van der Waals surface area contributed by atoms with Crippen molar-refractivity contribution in [2.45, 2.75) is 65.6 Å². The monoisotopic (exact) mass is 288 g/mol. The van der Waals surface area contributed by atoms with Crippen molar-refractivity contribution in [1.82, 2.24) is 10.6 Å². The Labute approximate surface area is 125 Å². The smallest absolute Gasteiger partial charge is 0.0687 e. The third kappa shape index (κ3) is 11.6. The van der Waals surface area contributed by atoms with Crippen LogP contribution in [0.15, 0.2) is 0 Å². The number of aliphatic hydroxyl groups is 2. The molecular formula is C16H36N2O2. The molecule has 0 aromatic heterocycles. The highest BCUT2D eigenvalue weighted by Crippen LogP contribution is 2.01. The van der Waals surface area contributed by atoms with E-state index in [2.05, 4.69) is 10.6 Å². The van der Waals surface area contributed by atoms with Gasteiger partial charge in [0.15, 0.2) is 0 Å². The van der Waals surface area contributed by atoms with Gasteiger partial charge < -0.3 is 20.8 Å². The van der Waals surface area contributed by atoms with E-state index < -0.39 is 0 Å². The van der Waals surface area contributed by atoms with Gasteiger partial charge in [-0.1, -0.05) is 40.5 Å². The first-order chi connectivity index (χ1) is 9.45. The van der Waals surface area contributed by atoms with E-state index in [0.717, 1.165) is 13.1 Å². The average Bonchev–Trinajstić information content (AvgIpc) is 2.39. The molecule has 0 rings (SSSR count). The van der Waals surface area contributed by atoms with Crippen LogP contribution in [-0.4, -0.2) is 48.6 Å². The van der Waals surface area contributed by atoms with Crippen LogP contribution in [0.1, 0.15) is 53.4 Å². The fraction of sp³-hybridized carbons (Fsp3) is 1.00. The van der Waals surface area contributed by atoms with Gasteiger partial charge in [-0.3, -0.25) is 0 Å². The van der Waals surface area contributed by atoms with Crippen LogP contribution in [-0.2, 0) is 0 Å². The second-order valence-corrected chi connectivity index (χ2v) is 6.45. The normalized spacial score (nSPS) is 15.0. The molecule has 0 aromatic rings. The van der Waals surface area contributed by atoms with E-state index in [1.165, 1.54) is 25.7 Å². The largest absolute Gasteiger partial charge is 0.392 e. The van der Waals surface area contributed by atoms with Crippen molar-refractivity contribution in [2.75, 3.05) is 26.2 Å². The van der Waals surface area contributed by atoms with Crippen LogP contribution in [0.4, 0.5) is 0 Å². The van der Waals surface area contributed by atoms with Crippen molar-refractivity contribution >= 4 is 0 Å². The Morgan fingerprint density at radius 3 is 1.30 bits per heavy atom. The number of hydrogen-bond donors (Lipinski definition) is 4. The summed E-state index contributed by atoms with van der Waals surface area (Å²) >= 11 is 0. The molecule has 0 aliphatic carbocycles. The highest BCUT2D eigenvalue weighted by Gasteiger charge is 2.08. The first-order valence-corrected chi connectivity index (χ1v) is 8.22. The Bertz CT molecular complexity index is 189. The molecule has 0 amide bonds. The Hall–Kier alpha value is -0.160. The summed E-state index contributed by atoms with van der Waals surface area (Å²) in [5.74, 6) is 0.657. The zero-order valence-electron chi connectivity index (χ0n) is 13.9. The summed E-state index contributed by atoms with van der Waals surface area (Å²) in [4.78, 5) is 0. The standard InChI is InChI=1S/C16H36N2O2/c1-13(2)15(19)11-17-9-7-5-6-8-10-18-12-16(20)14(3)4/h13-20H,5-12H2,1-4H3. The number of nitrogens with one attached hydrogen (secondary N) is 2. The van der Waals surface area contributed by atoms with Crippen LogP contribution in [0, 0.1) is 11.8 Å². The summed E-state index contributed by atoms with van der Waals surface area (Å²) < 4.78 is 0. The summed E-state index contributed by atoms with van der Waals surface area (Å²) in [6, 6.07) is 0. The van der Waals surface area contributed by atoms with Gasteiger partial charge in [0.2, 0.25) is 0 Å². The molecule has 0 radical (unpaired) electrons. The van der Waals surface area contributed by atoms with Crippen LogP contribution >= 0.6 is 0 Å². The van der Waals surface area contributed by atoms with Crippen LogP contribution in [0.5, 0.6) is 0 Å². The average molecular weight is 288 g/mol. The van der Waals surface area contributed by atoms with Crippen molar-refractivity contribution in [3.63, 3.8) is 0 Å². The van der Waals surface area contributed by atoms with Gasteiger partial charge in [0, 0.05) is 13.1 Å². The van der Waals surface area contributed by atoms with Crippen LogP contribution in [0.2, 0.25) is 0 Å². The number of hydrogen-bond acceptors (Lipinski definition) is 4. The predicted molar refractivity (Wildman–Crippen MR) is 85.9 cm³/mol. The maximum atomic E-state index is 9.62. The number of unbranched alkanes of at least 4 members (excludes halogenated alkanes) is 3. The summed E-state index contributed by atoms with van der Waals surface area (Å²) in [5.41, 5.74) is 0. The zero-order chi connectivity index (χ0) is 15.4. The zero-order valence-corrected chi connectivity index (χ0v) is 13.9. The Balaban J connectivity index is 3.18. The van der Waals surface area contributed by atoms with Gasteiger partial charge in [-0.05, 0) is 37.8 Å². The van der Waals surface area contributed by atoms with Crippen molar-refractivity contribution in [3.05, 3.63) is 0 Å². The summed E-state index contributed by atoms with van der Waals surface area (Å²) in [6.45, 7) is 11.5. The molecule has 4 nitrogen and oxygen atoms in total. The summed E-state index contributed by atoms with van der Waals surface area (Å²) in [5, 5.41) is 25.8. The van der Waals surface area contributed by atoms with Crippen LogP contribution in [0.3, 0.4) is 0 Å². The highest BCUT2D eigenvalue weighted by atomic mass is 16.3. The van der Waals surface area contributed by atoms with Crippen molar-refractivity contribution in [2.24, 2.45) is 11.8 Å². The van der Waals surface area contributed by atoms with Gasteiger partial charge in [-0.2, -0.15) is 0 Å². The molecule has 2 unspecified atom stereocenters. The molecule has 0 heterocycles. The van der Waals surface area contributed by atoms with Gasteiger partial charge in [0.05, 0.1) is 12.2 Å². The van der Waals surface area contributed by atoms with E-state index in [9.17, 15) is 10.2 Å². The minimum atomic E-state index is -0.230. The Kier molecular flexibility index (Phi) is 12.5. The van der Waals surface area contributed by atoms with Crippen LogP contribution < -0.4 is 10.6 Å². The van der Waals surface area contributed by atoms with Crippen molar-refractivity contribution in [1.29, 1.82) is 0 Å². The van der Waals surface area contributed by atoms with Gasteiger partial charge in [0.1, 0.15) is 0 Å². The number of rotatable bonds is 13. The van der Waals surface area contributed by atoms with Gasteiger partial charge in [-0.25, -0.2) is 0 Å². The molecule has 2 atom stereocenters. The summed E-state index contributed by atoms with van der Waals surface area (Å²) in [7, 11) is 0. The van der Waals surface area contributed by atoms with E-state index in [-0.39, 0.29) is 12.2 Å². The molecule has 122 valence electrons. The second kappa shape index (κ2) is 12.6. The SMILES string of the molecule is CC(C)C(O)CNCCCCCCNCC(O)C(C)C. The molecular weight excluding hydrogens is 252 g/mol. The Morgan fingerprint density at radius 2 is 1.00 bits per heavy atom. The molecule has 4 heteroatoms. The lowest BCUT2D eigenvalue weighted by atomic mass is 10.1. The van der Waals surface area contributed by atoms with Gasteiger partial charge >= 0.3 is 0 Å². The molecule has 0 spiro atoms. The van der Waals surface area contributed by atoms with Gasteiger partial charge in [-0.15, -0.1) is 0 Å². The number of aliphatic hydroxyl groups excluding tert-OH is 2. The molecule has 0 saturated heterocycles. The van der Waals surface area contributed by atoms with E-state index in [0.29, 0.717) is 24.9 Å². The molecule has 4 N–H and O–H groups in total. The first kappa shape index (κ1) is 19.8. The molecule has 0 aromatic carbocycles. The van der Waals surface area contributed by atoms with Crippen LogP contribution in [0.25, 0.3) is 0 Å². The molecule has 0 saturated carbocycles. The first-order valence-electron chi connectivity index (χ1n) is 8.22. The lowest BCUT2D eigenvalue weighted by Crippen LogP contribution is -2.31. The van der Waals surface area contributed by atoms with Gasteiger partial charge in [0.25, 0.3) is 0 Å². The maximum absolute atomic E-state index is 9.62. The van der Waals surface area contributed by atoms with Crippen molar-refractivity contribution < 1.29 is 10.2 Å². The quantitative estimate of drug-likeness (QED) is 0.390. The molecule has 20 heavy (non-hydrogen) atoms.